The van der Waals surface area contributed by atoms with Crippen LogP contribution in [0.3, 0.4) is 0 Å². The topological polar surface area (TPSA) is 127 Å². The highest BCUT2D eigenvalue weighted by Gasteiger charge is 2.00. The maximum absolute atomic E-state index is 10.8. The van der Waals surface area contributed by atoms with Gasteiger partial charge in [0.25, 0.3) is 0 Å². The zero-order valence-corrected chi connectivity index (χ0v) is 10.6. The third kappa shape index (κ3) is 10.9. The standard InChI is InChI=1S/C10H13NO2.H2O4S/c1-13-10(12)7-4-8-2-5-9(11)6-3-8;1-5(2,3)4/h2-3,5-6H,4,7,11H2,1H3;(H2,1,2,3,4). The summed E-state index contributed by atoms with van der Waals surface area (Å²) in [6.07, 6.45) is 1.12. The first-order chi connectivity index (χ1) is 8.22. The van der Waals surface area contributed by atoms with Crippen LogP contribution in [0, 0.1) is 0 Å². The third-order valence-corrected chi connectivity index (χ3v) is 1.83. The second-order valence-corrected chi connectivity index (χ2v) is 4.16. The predicted octanol–water partition coefficient (Wildman–Crippen LogP) is 0.722. The Balaban J connectivity index is 0.000000494. The van der Waals surface area contributed by atoms with Gasteiger partial charge in [0.2, 0.25) is 0 Å². The normalized spacial score (nSPS) is 10.2. The maximum atomic E-state index is 10.8. The summed E-state index contributed by atoms with van der Waals surface area (Å²) in [5.74, 6) is -0.183. The molecule has 1 aromatic rings. The van der Waals surface area contributed by atoms with Crippen LogP contribution in [0.15, 0.2) is 24.3 Å². The number of anilines is 1. The summed E-state index contributed by atoms with van der Waals surface area (Å²) in [6, 6.07) is 7.48. The van der Waals surface area contributed by atoms with E-state index in [1.54, 1.807) is 0 Å². The number of hydrogen-bond acceptors (Lipinski definition) is 5. The first-order valence-electron chi connectivity index (χ1n) is 4.83. The van der Waals surface area contributed by atoms with Crippen molar-refractivity contribution in [2.24, 2.45) is 0 Å². The second kappa shape index (κ2) is 7.64. The van der Waals surface area contributed by atoms with E-state index in [0.29, 0.717) is 12.8 Å². The van der Waals surface area contributed by atoms with Gasteiger partial charge in [0.05, 0.1) is 7.11 Å². The Morgan fingerprint density at radius 2 is 1.72 bits per heavy atom. The van der Waals surface area contributed by atoms with Crippen molar-refractivity contribution in [3.63, 3.8) is 0 Å². The average Bonchev–Trinajstić information content (AvgIpc) is 2.25. The van der Waals surface area contributed by atoms with Gasteiger partial charge in [0, 0.05) is 12.1 Å². The van der Waals surface area contributed by atoms with Gasteiger partial charge in [-0.3, -0.25) is 13.9 Å². The van der Waals surface area contributed by atoms with Crippen LogP contribution < -0.4 is 5.73 Å². The quantitative estimate of drug-likeness (QED) is 0.422. The number of nitrogens with two attached hydrogens (primary N) is 1. The van der Waals surface area contributed by atoms with Crippen LogP contribution in [0.25, 0.3) is 0 Å². The van der Waals surface area contributed by atoms with Gasteiger partial charge in [0.1, 0.15) is 0 Å². The molecular weight excluding hydrogens is 262 g/mol. The number of benzene rings is 1. The van der Waals surface area contributed by atoms with Crippen LogP contribution in [0.4, 0.5) is 5.69 Å². The van der Waals surface area contributed by atoms with Crippen LogP contribution in [0.5, 0.6) is 0 Å². The van der Waals surface area contributed by atoms with Crippen LogP contribution in [-0.4, -0.2) is 30.6 Å². The van der Waals surface area contributed by atoms with E-state index < -0.39 is 10.4 Å². The Morgan fingerprint density at radius 3 is 2.11 bits per heavy atom. The molecule has 0 radical (unpaired) electrons. The molecule has 8 heteroatoms. The van der Waals surface area contributed by atoms with Crippen molar-refractivity contribution < 1.29 is 27.1 Å². The molecule has 4 N–H and O–H groups in total. The highest BCUT2D eigenvalue weighted by atomic mass is 32.3. The zero-order chi connectivity index (χ0) is 14.2. The molecule has 0 aliphatic carbocycles. The molecule has 0 unspecified atom stereocenters. The fourth-order valence-electron chi connectivity index (χ4n) is 1.03. The average molecular weight is 277 g/mol. The van der Waals surface area contributed by atoms with Gasteiger partial charge < -0.3 is 10.5 Å². The lowest BCUT2D eigenvalue weighted by atomic mass is 10.1. The van der Waals surface area contributed by atoms with Crippen molar-refractivity contribution in [2.45, 2.75) is 12.8 Å². The Kier molecular flexibility index (Phi) is 6.94. The molecule has 0 aliphatic rings. The van der Waals surface area contributed by atoms with E-state index >= 15 is 0 Å². The number of nitrogen functional groups attached to an aromatic ring is 1. The molecule has 0 spiro atoms. The van der Waals surface area contributed by atoms with Crippen LogP contribution in [-0.2, 0) is 26.4 Å². The van der Waals surface area contributed by atoms with Gasteiger partial charge in [-0.05, 0) is 24.1 Å². The Hall–Kier alpha value is -1.64. The minimum atomic E-state index is -4.67. The second-order valence-electron chi connectivity index (χ2n) is 3.27. The maximum Gasteiger partial charge on any atom is 0.394 e. The van der Waals surface area contributed by atoms with E-state index in [4.69, 9.17) is 23.3 Å². The van der Waals surface area contributed by atoms with Crippen molar-refractivity contribution in [1.82, 2.24) is 0 Å². The zero-order valence-electron chi connectivity index (χ0n) is 9.74. The van der Waals surface area contributed by atoms with E-state index in [9.17, 15) is 4.79 Å². The summed E-state index contributed by atoms with van der Waals surface area (Å²) in [5.41, 5.74) is 7.35. The number of hydrogen-bond donors (Lipinski definition) is 3. The molecule has 18 heavy (non-hydrogen) atoms. The lowest BCUT2D eigenvalue weighted by Gasteiger charge is -2.00. The first kappa shape index (κ1) is 16.4. The van der Waals surface area contributed by atoms with E-state index in [0.717, 1.165) is 11.3 Å². The van der Waals surface area contributed by atoms with Crippen molar-refractivity contribution in [3.05, 3.63) is 29.8 Å². The molecule has 0 saturated heterocycles. The van der Waals surface area contributed by atoms with E-state index in [1.165, 1.54) is 7.11 Å². The Labute approximate surface area is 105 Å². The lowest BCUT2D eigenvalue weighted by molar-refractivity contribution is -0.140. The fraction of sp³-hybridized carbons (Fsp3) is 0.300. The van der Waals surface area contributed by atoms with E-state index in [2.05, 4.69) is 4.74 Å². The number of ether oxygens (including phenoxy) is 1. The summed E-state index contributed by atoms with van der Waals surface area (Å²) in [7, 11) is -3.27. The third-order valence-electron chi connectivity index (χ3n) is 1.83. The SMILES string of the molecule is COC(=O)CCc1ccc(N)cc1.O=S(=O)(O)O. The van der Waals surface area contributed by atoms with Crippen molar-refractivity contribution >= 4 is 22.1 Å². The first-order valence-corrected chi connectivity index (χ1v) is 6.23. The van der Waals surface area contributed by atoms with Gasteiger partial charge in [-0.25, -0.2) is 0 Å². The highest BCUT2D eigenvalue weighted by Crippen LogP contribution is 2.07. The number of rotatable bonds is 3. The van der Waals surface area contributed by atoms with Crippen LogP contribution in [0.1, 0.15) is 12.0 Å². The highest BCUT2D eigenvalue weighted by molar-refractivity contribution is 7.79. The molecule has 0 heterocycles. The van der Waals surface area contributed by atoms with Crippen LogP contribution >= 0.6 is 0 Å². The molecule has 0 atom stereocenters. The minimum Gasteiger partial charge on any atom is -0.469 e. The monoisotopic (exact) mass is 277 g/mol. The molecule has 0 bridgehead atoms. The predicted molar refractivity (Wildman–Crippen MR) is 65.4 cm³/mol. The molecule has 1 rings (SSSR count). The molecule has 0 aliphatic heterocycles. The number of esters is 1. The van der Waals surface area contributed by atoms with Gasteiger partial charge in [0.15, 0.2) is 0 Å². The van der Waals surface area contributed by atoms with Crippen molar-refractivity contribution in [2.75, 3.05) is 12.8 Å². The molecule has 102 valence electrons. The smallest absolute Gasteiger partial charge is 0.394 e. The largest absolute Gasteiger partial charge is 0.469 e. The molecule has 1 aromatic carbocycles. The fourth-order valence-corrected chi connectivity index (χ4v) is 1.03. The number of methoxy groups -OCH3 is 1. The Bertz CT molecular complexity index is 460. The summed E-state index contributed by atoms with van der Waals surface area (Å²) >= 11 is 0. The lowest BCUT2D eigenvalue weighted by Crippen LogP contribution is -2.01. The minimum absolute atomic E-state index is 0.183. The van der Waals surface area contributed by atoms with Gasteiger partial charge in [-0.2, -0.15) is 8.42 Å². The van der Waals surface area contributed by atoms with Crippen molar-refractivity contribution in [3.8, 4) is 0 Å². The molecule has 0 aromatic heterocycles. The Morgan fingerprint density at radius 1 is 1.28 bits per heavy atom. The van der Waals surface area contributed by atoms with Gasteiger partial charge in [-0.1, -0.05) is 12.1 Å². The summed E-state index contributed by atoms with van der Waals surface area (Å²) in [5, 5.41) is 0. The number of aryl methyl sites for hydroxylation is 1. The summed E-state index contributed by atoms with van der Waals surface area (Å²) < 4.78 is 36.1. The van der Waals surface area contributed by atoms with Crippen LogP contribution in [0.2, 0.25) is 0 Å². The molecule has 7 nitrogen and oxygen atoms in total. The molecular formula is C10H15NO6S. The van der Waals surface area contributed by atoms with E-state index in [1.807, 2.05) is 24.3 Å². The summed E-state index contributed by atoms with van der Waals surface area (Å²) in [4.78, 5) is 10.8. The molecule has 0 amide bonds. The number of carbonyl (C=O) groups excluding carboxylic acids is 1. The molecule has 0 fully saturated rings. The van der Waals surface area contributed by atoms with Gasteiger partial charge >= 0.3 is 16.4 Å². The number of carbonyl (C=O) groups is 1. The van der Waals surface area contributed by atoms with Gasteiger partial charge in [-0.15, -0.1) is 0 Å². The van der Waals surface area contributed by atoms with E-state index in [-0.39, 0.29) is 5.97 Å². The van der Waals surface area contributed by atoms with Crippen molar-refractivity contribution in [1.29, 1.82) is 0 Å². The molecule has 0 saturated carbocycles. The summed E-state index contributed by atoms with van der Waals surface area (Å²) in [6.45, 7) is 0.